The van der Waals surface area contributed by atoms with Gasteiger partial charge in [0, 0.05) is 23.9 Å². The molecule has 2 N–H and O–H groups in total. The number of rotatable bonds is 4. The molecule has 1 heterocycles. The highest BCUT2D eigenvalue weighted by atomic mass is 32.2. The van der Waals surface area contributed by atoms with Crippen LogP contribution in [0.2, 0.25) is 0 Å². The lowest BCUT2D eigenvalue weighted by Gasteiger charge is -2.11. The van der Waals surface area contributed by atoms with Gasteiger partial charge in [-0.3, -0.25) is 0 Å². The molecule has 2 nitrogen and oxygen atoms in total. The molecule has 16 heavy (non-hydrogen) atoms. The van der Waals surface area contributed by atoms with Gasteiger partial charge in [-0.2, -0.15) is 11.8 Å². The summed E-state index contributed by atoms with van der Waals surface area (Å²) in [5.41, 5.74) is 0.628. The maximum Gasteiger partial charge on any atom is 0.165 e. The second kappa shape index (κ2) is 5.55. The first-order valence-electron chi connectivity index (χ1n) is 5.56. The number of thioether (sulfide) groups is 1. The minimum atomic E-state index is -0.547. The Hall–Kier alpha value is -0.740. The van der Waals surface area contributed by atoms with E-state index < -0.39 is 5.82 Å². The molecular weight excluding hydrogens is 225 g/mol. The molecule has 0 spiro atoms. The monoisotopic (exact) mass is 241 g/mol. The third-order valence-corrected chi connectivity index (χ3v) is 4.18. The van der Waals surface area contributed by atoms with Gasteiger partial charge in [-0.15, -0.1) is 0 Å². The minimum absolute atomic E-state index is 0.228. The van der Waals surface area contributed by atoms with Crippen LogP contribution in [0, 0.1) is 5.82 Å². The molecule has 0 aliphatic carbocycles. The Bertz CT molecular complexity index is 353. The third-order valence-electron chi connectivity index (χ3n) is 2.78. The lowest BCUT2D eigenvalue weighted by atomic mass is 10.2. The number of aromatic hydroxyl groups is 1. The summed E-state index contributed by atoms with van der Waals surface area (Å²) in [6, 6.07) is 4.63. The molecule has 4 heteroatoms. The molecule has 0 saturated carbocycles. The zero-order valence-electron chi connectivity index (χ0n) is 9.08. The van der Waals surface area contributed by atoms with Gasteiger partial charge in [0.05, 0.1) is 0 Å². The summed E-state index contributed by atoms with van der Waals surface area (Å²) < 4.78 is 13.0. The zero-order chi connectivity index (χ0) is 11.4. The first-order chi connectivity index (χ1) is 7.77. The van der Waals surface area contributed by atoms with E-state index in [2.05, 4.69) is 5.32 Å². The first-order valence-corrected chi connectivity index (χ1v) is 6.61. The Morgan fingerprint density at radius 3 is 3.12 bits per heavy atom. The van der Waals surface area contributed by atoms with Crippen molar-refractivity contribution >= 4 is 11.8 Å². The van der Waals surface area contributed by atoms with Crippen LogP contribution in [0.5, 0.6) is 5.75 Å². The van der Waals surface area contributed by atoms with Gasteiger partial charge in [0.1, 0.15) is 0 Å². The van der Waals surface area contributed by atoms with E-state index >= 15 is 0 Å². The second-order valence-corrected chi connectivity index (χ2v) is 5.42. The summed E-state index contributed by atoms with van der Waals surface area (Å²) >= 11 is 1.99. The molecule has 88 valence electrons. The molecule has 1 saturated heterocycles. The number of benzene rings is 1. The molecule has 0 aromatic heterocycles. The third kappa shape index (κ3) is 2.89. The summed E-state index contributed by atoms with van der Waals surface area (Å²) in [4.78, 5) is 0. The maximum absolute atomic E-state index is 13.0. The predicted octanol–water partition coefficient (Wildman–Crippen LogP) is 2.52. The second-order valence-electron chi connectivity index (χ2n) is 4.01. The summed E-state index contributed by atoms with van der Waals surface area (Å²) in [7, 11) is 0. The van der Waals surface area contributed by atoms with E-state index in [1.807, 2.05) is 11.8 Å². The Balaban J connectivity index is 1.82. The molecule has 1 aliphatic heterocycles. The Labute approximate surface area is 99.2 Å². The average Bonchev–Trinajstić information content (AvgIpc) is 2.77. The molecule has 1 unspecified atom stereocenters. The Kier molecular flexibility index (Phi) is 4.07. The van der Waals surface area contributed by atoms with Gasteiger partial charge in [-0.25, -0.2) is 4.39 Å². The lowest BCUT2D eigenvalue weighted by molar-refractivity contribution is 0.423. The number of halogens is 1. The number of hydrogen-bond donors (Lipinski definition) is 2. The number of nitrogens with one attached hydrogen (secondary N) is 1. The van der Waals surface area contributed by atoms with Crippen molar-refractivity contribution in [3.05, 3.63) is 29.6 Å². The molecule has 0 radical (unpaired) electrons. The quantitative estimate of drug-likeness (QED) is 0.849. The molecule has 1 fully saturated rings. The maximum atomic E-state index is 13.0. The summed E-state index contributed by atoms with van der Waals surface area (Å²) in [5.74, 6) is 0.473. The van der Waals surface area contributed by atoms with Gasteiger partial charge in [-0.05, 0) is 24.7 Å². The van der Waals surface area contributed by atoms with Gasteiger partial charge in [0.2, 0.25) is 0 Å². The van der Waals surface area contributed by atoms with Crippen molar-refractivity contribution in [2.75, 3.05) is 12.3 Å². The van der Waals surface area contributed by atoms with Gasteiger partial charge >= 0.3 is 0 Å². The van der Waals surface area contributed by atoms with Gasteiger partial charge in [0.25, 0.3) is 0 Å². The lowest BCUT2D eigenvalue weighted by Crippen LogP contribution is -2.22. The van der Waals surface area contributed by atoms with E-state index in [9.17, 15) is 9.50 Å². The van der Waals surface area contributed by atoms with Crippen LogP contribution in [-0.4, -0.2) is 22.7 Å². The molecule has 2 rings (SSSR count). The van der Waals surface area contributed by atoms with E-state index in [0.29, 0.717) is 17.4 Å². The highest BCUT2D eigenvalue weighted by Gasteiger charge is 2.15. The minimum Gasteiger partial charge on any atom is -0.505 e. The topological polar surface area (TPSA) is 32.3 Å². The van der Waals surface area contributed by atoms with E-state index in [0.717, 1.165) is 6.54 Å². The van der Waals surface area contributed by atoms with Crippen LogP contribution in [0.3, 0.4) is 0 Å². The predicted molar refractivity (Wildman–Crippen MR) is 65.3 cm³/mol. The molecule has 1 atom stereocenters. The fraction of sp³-hybridized carbons (Fsp3) is 0.500. The number of hydrogen-bond acceptors (Lipinski definition) is 3. The first kappa shape index (κ1) is 11.7. The molecule has 0 amide bonds. The fourth-order valence-electron chi connectivity index (χ4n) is 1.88. The van der Waals surface area contributed by atoms with E-state index in [-0.39, 0.29) is 5.75 Å². The van der Waals surface area contributed by atoms with Crippen LogP contribution in [0.4, 0.5) is 4.39 Å². The largest absolute Gasteiger partial charge is 0.505 e. The summed E-state index contributed by atoms with van der Waals surface area (Å²) in [6.07, 6.45) is 2.55. The van der Waals surface area contributed by atoms with Crippen molar-refractivity contribution in [1.29, 1.82) is 0 Å². The van der Waals surface area contributed by atoms with Crippen LogP contribution in [0.1, 0.15) is 18.4 Å². The van der Waals surface area contributed by atoms with Crippen LogP contribution < -0.4 is 5.32 Å². The van der Waals surface area contributed by atoms with Crippen molar-refractivity contribution in [1.82, 2.24) is 5.32 Å². The standard InChI is InChI=1S/C12H16FNOS/c13-11-5-1-3-9(12(11)15)7-14-8-10-4-2-6-16-10/h1,3,5,10,14-15H,2,4,6-8H2. The van der Waals surface area contributed by atoms with Gasteiger partial charge in [0.15, 0.2) is 11.6 Å². The van der Waals surface area contributed by atoms with Crippen LogP contribution in [0.15, 0.2) is 18.2 Å². The molecule has 1 aromatic rings. The number of phenols is 1. The Morgan fingerprint density at radius 2 is 2.38 bits per heavy atom. The average molecular weight is 241 g/mol. The van der Waals surface area contributed by atoms with Crippen molar-refractivity contribution < 1.29 is 9.50 Å². The van der Waals surface area contributed by atoms with Crippen LogP contribution in [-0.2, 0) is 6.54 Å². The van der Waals surface area contributed by atoms with Crippen molar-refractivity contribution in [3.8, 4) is 5.75 Å². The van der Waals surface area contributed by atoms with E-state index in [4.69, 9.17) is 0 Å². The normalized spacial score (nSPS) is 20.2. The highest BCUT2D eigenvalue weighted by Crippen LogP contribution is 2.25. The zero-order valence-corrected chi connectivity index (χ0v) is 9.89. The van der Waals surface area contributed by atoms with E-state index in [1.165, 1.54) is 24.7 Å². The Morgan fingerprint density at radius 1 is 1.50 bits per heavy atom. The number of phenolic OH excluding ortho intramolecular Hbond substituents is 1. The number of para-hydroxylation sites is 1. The molecule has 0 bridgehead atoms. The summed E-state index contributed by atoms with van der Waals surface area (Å²) in [6.45, 7) is 1.46. The van der Waals surface area contributed by atoms with Crippen molar-refractivity contribution in [3.63, 3.8) is 0 Å². The van der Waals surface area contributed by atoms with Crippen molar-refractivity contribution in [2.24, 2.45) is 0 Å². The molecule has 1 aliphatic rings. The van der Waals surface area contributed by atoms with Gasteiger partial charge < -0.3 is 10.4 Å². The highest BCUT2D eigenvalue weighted by molar-refractivity contribution is 8.00. The molecular formula is C12H16FNOS. The smallest absolute Gasteiger partial charge is 0.165 e. The van der Waals surface area contributed by atoms with E-state index in [1.54, 1.807) is 12.1 Å². The fourth-order valence-corrected chi connectivity index (χ4v) is 3.11. The SMILES string of the molecule is Oc1c(F)cccc1CNCC1CCCS1. The van der Waals surface area contributed by atoms with Crippen molar-refractivity contribution in [2.45, 2.75) is 24.6 Å². The summed E-state index contributed by atoms with van der Waals surface area (Å²) in [5, 5.41) is 13.4. The van der Waals surface area contributed by atoms with Gasteiger partial charge in [-0.1, -0.05) is 12.1 Å². The van der Waals surface area contributed by atoms with Crippen LogP contribution in [0.25, 0.3) is 0 Å². The van der Waals surface area contributed by atoms with Crippen LogP contribution >= 0.6 is 11.8 Å². The molecule has 1 aromatic carbocycles.